The molecule has 0 bridgehead atoms. The zero-order chi connectivity index (χ0) is 19.8. The van der Waals surface area contributed by atoms with Crippen molar-refractivity contribution in [2.75, 3.05) is 23.9 Å². The topological polar surface area (TPSA) is 74.4 Å². The average molecular weight is 418 g/mol. The van der Waals surface area contributed by atoms with Crippen molar-refractivity contribution in [1.29, 1.82) is 0 Å². The third-order valence-corrected chi connectivity index (χ3v) is 5.35. The van der Waals surface area contributed by atoms with Crippen molar-refractivity contribution in [1.82, 2.24) is 4.98 Å². The van der Waals surface area contributed by atoms with Crippen LogP contribution in [0.5, 0.6) is 5.75 Å². The fourth-order valence-corrected chi connectivity index (χ4v) is 3.82. The monoisotopic (exact) mass is 417 g/mol. The summed E-state index contributed by atoms with van der Waals surface area (Å²) >= 11 is 12.4. The fourth-order valence-electron chi connectivity index (χ4n) is 3.36. The maximum Gasteiger partial charge on any atom is 0.273 e. The van der Waals surface area contributed by atoms with Crippen molar-refractivity contribution in [2.24, 2.45) is 0 Å². The lowest BCUT2D eigenvalue weighted by molar-refractivity contribution is -0.117. The molecule has 1 saturated heterocycles. The maximum atomic E-state index is 12.7. The van der Waals surface area contributed by atoms with Crippen LogP contribution in [-0.4, -0.2) is 30.5 Å². The van der Waals surface area contributed by atoms with Crippen LogP contribution in [0.2, 0.25) is 10.0 Å². The first-order valence-electron chi connectivity index (χ1n) is 8.74. The fraction of sp³-hybridized carbons (Fsp3) is 0.200. The lowest BCUT2D eigenvalue weighted by Crippen LogP contribution is -2.24. The summed E-state index contributed by atoms with van der Waals surface area (Å²) in [5, 5.41) is 4.33. The van der Waals surface area contributed by atoms with E-state index in [-0.39, 0.29) is 17.5 Å². The van der Waals surface area contributed by atoms with Gasteiger partial charge in [0.25, 0.3) is 5.91 Å². The zero-order valence-electron chi connectivity index (χ0n) is 15.0. The van der Waals surface area contributed by atoms with Crippen molar-refractivity contribution < 1.29 is 14.3 Å². The van der Waals surface area contributed by atoms with Gasteiger partial charge in [-0.2, -0.15) is 0 Å². The van der Waals surface area contributed by atoms with Crippen LogP contribution >= 0.6 is 23.2 Å². The highest BCUT2D eigenvalue weighted by Gasteiger charge is 2.25. The van der Waals surface area contributed by atoms with Gasteiger partial charge in [0.15, 0.2) is 0 Å². The molecule has 2 aromatic carbocycles. The normalized spacial score (nSPS) is 14.0. The van der Waals surface area contributed by atoms with E-state index in [1.807, 2.05) is 0 Å². The van der Waals surface area contributed by atoms with Gasteiger partial charge in [-0.1, -0.05) is 23.2 Å². The smallest absolute Gasteiger partial charge is 0.273 e. The molecule has 0 atom stereocenters. The van der Waals surface area contributed by atoms with Gasteiger partial charge in [0.1, 0.15) is 11.4 Å². The summed E-state index contributed by atoms with van der Waals surface area (Å²) in [6.07, 6.45) is 1.36. The Morgan fingerprint density at radius 3 is 2.75 bits per heavy atom. The van der Waals surface area contributed by atoms with E-state index in [9.17, 15) is 9.59 Å². The minimum absolute atomic E-state index is 0.0682. The second-order valence-corrected chi connectivity index (χ2v) is 7.31. The number of nitrogens with one attached hydrogen (secondary N) is 2. The molecule has 1 aromatic heterocycles. The molecule has 2 heterocycles. The molecule has 0 saturated carbocycles. The highest BCUT2D eigenvalue weighted by atomic mass is 35.5. The molecule has 2 amide bonds. The quantitative estimate of drug-likeness (QED) is 0.636. The number of aromatic nitrogens is 1. The van der Waals surface area contributed by atoms with Crippen molar-refractivity contribution in [3.05, 3.63) is 52.1 Å². The Bertz CT molecular complexity index is 1090. The number of amides is 2. The van der Waals surface area contributed by atoms with Crippen molar-refractivity contribution >= 4 is 57.3 Å². The van der Waals surface area contributed by atoms with E-state index in [1.54, 1.807) is 41.3 Å². The molecular weight excluding hydrogens is 401 g/mol. The Hall–Kier alpha value is -2.70. The largest absolute Gasteiger partial charge is 0.494 e. The van der Waals surface area contributed by atoms with Gasteiger partial charge in [-0.25, -0.2) is 0 Å². The number of hydrogen-bond donors (Lipinski definition) is 2. The van der Waals surface area contributed by atoms with Crippen LogP contribution in [0, 0.1) is 0 Å². The van der Waals surface area contributed by atoms with Gasteiger partial charge in [-0.15, -0.1) is 0 Å². The number of carbonyl (C=O) groups excluding carboxylic acids is 2. The highest BCUT2D eigenvalue weighted by molar-refractivity contribution is 6.40. The van der Waals surface area contributed by atoms with E-state index in [2.05, 4.69) is 10.3 Å². The molecule has 8 heteroatoms. The van der Waals surface area contributed by atoms with Crippen LogP contribution in [0.4, 0.5) is 11.4 Å². The molecule has 1 fully saturated rings. The van der Waals surface area contributed by atoms with Gasteiger partial charge in [-0.3, -0.25) is 9.59 Å². The molecule has 6 nitrogen and oxygen atoms in total. The summed E-state index contributed by atoms with van der Waals surface area (Å²) in [5.74, 6) is 0.200. The number of rotatable bonds is 4. The van der Waals surface area contributed by atoms with Crippen molar-refractivity contribution in [3.8, 4) is 5.75 Å². The number of methoxy groups -OCH3 is 1. The van der Waals surface area contributed by atoms with E-state index in [4.69, 9.17) is 27.9 Å². The molecular formula is C20H17Cl2N3O3. The second-order valence-electron chi connectivity index (χ2n) is 6.49. The molecule has 4 rings (SSSR count). The van der Waals surface area contributed by atoms with Crippen LogP contribution in [0.25, 0.3) is 10.9 Å². The van der Waals surface area contributed by atoms with E-state index in [0.29, 0.717) is 45.5 Å². The van der Waals surface area contributed by atoms with Gasteiger partial charge in [0.2, 0.25) is 5.91 Å². The van der Waals surface area contributed by atoms with Gasteiger partial charge < -0.3 is 19.9 Å². The van der Waals surface area contributed by atoms with E-state index < -0.39 is 0 Å². The first-order valence-corrected chi connectivity index (χ1v) is 9.50. The van der Waals surface area contributed by atoms with Gasteiger partial charge in [0, 0.05) is 40.6 Å². The summed E-state index contributed by atoms with van der Waals surface area (Å²) in [6, 6.07) is 10.4. The Kier molecular flexibility index (Phi) is 4.91. The second kappa shape index (κ2) is 7.37. The maximum absolute atomic E-state index is 12.7. The lowest BCUT2D eigenvalue weighted by Gasteiger charge is -2.19. The molecule has 144 valence electrons. The average Bonchev–Trinajstić information content (AvgIpc) is 3.25. The number of anilines is 2. The summed E-state index contributed by atoms with van der Waals surface area (Å²) < 4.78 is 5.43. The summed E-state index contributed by atoms with van der Waals surface area (Å²) in [7, 11) is 1.53. The number of ether oxygens (including phenoxy) is 1. The number of nitrogens with zero attached hydrogens (tertiary/aromatic N) is 1. The Labute approximate surface area is 171 Å². The van der Waals surface area contributed by atoms with Gasteiger partial charge >= 0.3 is 0 Å². The molecule has 1 aliphatic heterocycles. The first kappa shape index (κ1) is 18.7. The third-order valence-electron chi connectivity index (χ3n) is 4.73. The standard InChI is InChI=1S/C20H17Cl2N3O3/c1-28-16-10-12(5-7-15(16)25-8-2-3-17(25)26)23-20(27)19-18(22)13-9-11(21)4-6-14(13)24-19/h4-7,9-10,24H,2-3,8H2,1H3,(H,23,27). The van der Waals surface area contributed by atoms with Crippen LogP contribution in [-0.2, 0) is 4.79 Å². The van der Waals surface area contributed by atoms with Gasteiger partial charge in [0.05, 0.1) is 17.8 Å². The molecule has 0 unspecified atom stereocenters. The summed E-state index contributed by atoms with van der Waals surface area (Å²) in [4.78, 5) is 29.4. The molecule has 2 N–H and O–H groups in total. The summed E-state index contributed by atoms with van der Waals surface area (Å²) in [5.41, 5.74) is 2.20. The SMILES string of the molecule is COc1cc(NC(=O)c2[nH]c3ccc(Cl)cc3c2Cl)ccc1N1CCCC1=O. The van der Waals surface area contributed by atoms with Crippen LogP contribution < -0.4 is 15.0 Å². The molecule has 0 radical (unpaired) electrons. The number of H-pyrrole nitrogens is 1. The number of benzene rings is 2. The summed E-state index contributed by atoms with van der Waals surface area (Å²) in [6.45, 7) is 0.661. The molecule has 0 spiro atoms. The minimum Gasteiger partial charge on any atom is -0.494 e. The molecule has 3 aromatic rings. The Morgan fingerprint density at radius 1 is 1.21 bits per heavy atom. The number of halogens is 2. The van der Waals surface area contributed by atoms with Crippen LogP contribution in [0.3, 0.4) is 0 Å². The highest BCUT2D eigenvalue weighted by Crippen LogP contribution is 2.35. The van der Waals surface area contributed by atoms with Crippen molar-refractivity contribution in [3.63, 3.8) is 0 Å². The minimum atomic E-state index is -0.385. The molecule has 0 aliphatic carbocycles. The predicted octanol–water partition coefficient (Wildman–Crippen LogP) is 4.86. The first-order chi connectivity index (χ1) is 13.5. The number of aromatic amines is 1. The van der Waals surface area contributed by atoms with E-state index in [1.165, 1.54) is 7.11 Å². The Balaban J connectivity index is 1.61. The van der Waals surface area contributed by atoms with E-state index >= 15 is 0 Å². The van der Waals surface area contributed by atoms with E-state index in [0.717, 1.165) is 11.9 Å². The van der Waals surface area contributed by atoms with Gasteiger partial charge in [-0.05, 0) is 36.8 Å². The predicted molar refractivity (Wildman–Crippen MR) is 111 cm³/mol. The van der Waals surface area contributed by atoms with Crippen LogP contribution in [0.15, 0.2) is 36.4 Å². The third kappa shape index (κ3) is 3.30. The molecule has 1 aliphatic rings. The zero-order valence-corrected chi connectivity index (χ0v) is 16.5. The lowest BCUT2D eigenvalue weighted by atomic mass is 10.2. The number of hydrogen-bond acceptors (Lipinski definition) is 3. The number of fused-ring (bicyclic) bond motifs is 1. The number of carbonyl (C=O) groups is 2. The van der Waals surface area contributed by atoms with Crippen LogP contribution in [0.1, 0.15) is 23.3 Å². The molecule has 28 heavy (non-hydrogen) atoms. The Morgan fingerprint density at radius 2 is 2.04 bits per heavy atom. The van der Waals surface area contributed by atoms with Crippen molar-refractivity contribution in [2.45, 2.75) is 12.8 Å².